The lowest BCUT2D eigenvalue weighted by Gasteiger charge is -2.10. The van der Waals surface area contributed by atoms with Crippen LogP contribution >= 0.6 is 11.6 Å². The first-order valence-corrected chi connectivity index (χ1v) is 10.9. The van der Waals surface area contributed by atoms with Gasteiger partial charge in [0.25, 0.3) is 0 Å². The summed E-state index contributed by atoms with van der Waals surface area (Å²) < 4.78 is 8.31. The first kappa shape index (κ1) is 22.8. The zero-order valence-corrected chi connectivity index (χ0v) is 19.0. The summed E-state index contributed by atoms with van der Waals surface area (Å²) in [5.41, 5.74) is 0.992. The van der Waals surface area contributed by atoms with Gasteiger partial charge in [0.1, 0.15) is 11.5 Å². The van der Waals surface area contributed by atoms with Gasteiger partial charge in [-0.2, -0.15) is 5.26 Å². The van der Waals surface area contributed by atoms with E-state index in [1.165, 1.54) is 4.57 Å². The van der Waals surface area contributed by atoms with Gasteiger partial charge in [-0.05, 0) is 67.1 Å². The molecule has 4 rings (SSSR count). The second-order valence-electron chi connectivity index (χ2n) is 7.34. The highest BCUT2D eigenvalue weighted by atomic mass is 35.5. The molecule has 0 saturated carbocycles. The van der Waals surface area contributed by atoms with Crippen LogP contribution in [0, 0.1) is 11.3 Å². The van der Waals surface area contributed by atoms with E-state index in [1.54, 1.807) is 67.6 Å². The van der Waals surface area contributed by atoms with Gasteiger partial charge in [0, 0.05) is 11.6 Å². The molecule has 34 heavy (non-hydrogen) atoms. The fraction of sp³-hybridized carbons (Fsp3) is 0.120. The van der Waals surface area contributed by atoms with Crippen LogP contribution in [0.4, 0.5) is 5.69 Å². The standard InChI is InChI=1S/C25H20ClN5O3/c1-2-30-24(32)29-23(31(25(30)33)16-17-6-8-19(26)9-7-17)28-20-10-12-21(13-11-20)34-22-5-3-4-18(14-22)15-27/h3-14H,2,16H2,1H3,(H,28,29,32). The summed E-state index contributed by atoms with van der Waals surface area (Å²) in [6.07, 6.45) is 0. The zero-order valence-electron chi connectivity index (χ0n) is 18.2. The second-order valence-corrected chi connectivity index (χ2v) is 7.78. The molecular weight excluding hydrogens is 454 g/mol. The number of rotatable bonds is 6. The van der Waals surface area contributed by atoms with Crippen molar-refractivity contribution in [2.75, 3.05) is 0 Å². The summed E-state index contributed by atoms with van der Waals surface area (Å²) in [7, 11) is 0. The van der Waals surface area contributed by atoms with Crippen molar-refractivity contribution >= 4 is 17.3 Å². The Balaban J connectivity index is 1.70. The first-order valence-electron chi connectivity index (χ1n) is 10.5. The second kappa shape index (κ2) is 10.1. The van der Waals surface area contributed by atoms with E-state index in [4.69, 9.17) is 21.6 Å². The van der Waals surface area contributed by atoms with Crippen LogP contribution in [-0.2, 0) is 13.1 Å². The molecule has 0 amide bonds. The lowest BCUT2D eigenvalue weighted by Crippen LogP contribution is -2.49. The number of aromatic nitrogens is 3. The highest BCUT2D eigenvalue weighted by Crippen LogP contribution is 2.24. The Kier molecular flexibility index (Phi) is 6.76. The monoisotopic (exact) mass is 473 g/mol. The molecule has 0 fully saturated rings. The number of hydrogen-bond acceptors (Lipinski definition) is 5. The van der Waals surface area contributed by atoms with E-state index in [0.717, 1.165) is 10.1 Å². The number of halogens is 1. The van der Waals surface area contributed by atoms with Gasteiger partial charge in [-0.3, -0.25) is 9.55 Å². The van der Waals surface area contributed by atoms with Gasteiger partial charge in [0.15, 0.2) is 0 Å². The maximum Gasteiger partial charge on any atom is 0.335 e. The normalized spacial score (nSPS) is 11.3. The molecule has 1 aromatic heterocycles. The maximum absolute atomic E-state index is 13.0. The van der Waals surface area contributed by atoms with Crippen molar-refractivity contribution in [3.05, 3.63) is 116 Å². The predicted octanol–water partition coefficient (Wildman–Crippen LogP) is 3.96. The minimum atomic E-state index is -0.532. The van der Waals surface area contributed by atoms with Gasteiger partial charge in [-0.25, -0.2) is 19.1 Å². The number of hydrogen-bond donors (Lipinski definition) is 1. The van der Waals surface area contributed by atoms with Gasteiger partial charge in [0.05, 0.1) is 23.9 Å². The van der Waals surface area contributed by atoms with Crippen molar-refractivity contribution in [2.24, 2.45) is 4.99 Å². The summed E-state index contributed by atoms with van der Waals surface area (Å²) in [4.78, 5) is 32.6. The number of H-pyrrole nitrogens is 1. The van der Waals surface area contributed by atoms with E-state index in [-0.39, 0.29) is 18.7 Å². The molecule has 0 aliphatic heterocycles. The molecule has 0 radical (unpaired) electrons. The lowest BCUT2D eigenvalue weighted by atomic mass is 10.2. The van der Waals surface area contributed by atoms with Crippen molar-refractivity contribution in [1.82, 2.24) is 14.1 Å². The smallest absolute Gasteiger partial charge is 0.335 e. The minimum Gasteiger partial charge on any atom is -0.457 e. The van der Waals surface area contributed by atoms with Crippen molar-refractivity contribution in [3.63, 3.8) is 0 Å². The van der Waals surface area contributed by atoms with Crippen molar-refractivity contribution in [3.8, 4) is 17.6 Å². The van der Waals surface area contributed by atoms with E-state index in [0.29, 0.717) is 27.8 Å². The van der Waals surface area contributed by atoms with Crippen LogP contribution in [-0.4, -0.2) is 14.1 Å². The summed E-state index contributed by atoms with van der Waals surface area (Å²) in [5, 5.41) is 9.62. The molecule has 0 bridgehead atoms. The fourth-order valence-electron chi connectivity index (χ4n) is 3.31. The lowest BCUT2D eigenvalue weighted by molar-refractivity contribution is 0.482. The largest absolute Gasteiger partial charge is 0.457 e. The van der Waals surface area contributed by atoms with Crippen molar-refractivity contribution in [1.29, 1.82) is 5.26 Å². The fourth-order valence-corrected chi connectivity index (χ4v) is 3.44. The van der Waals surface area contributed by atoms with Gasteiger partial charge < -0.3 is 4.74 Å². The van der Waals surface area contributed by atoms with E-state index >= 15 is 0 Å². The van der Waals surface area contributed by atoms with E-state index in [1.807, 2.05) is 12.1 Å². The number of nitrogens with one attached hydrogen (secondary N) is 1. The minimum absolute atomic E-state index is 0.130. The number of benzene rings is 3. The van der Waals surface area contributed by atoms with Crippen LogP contribution in [0.1, 0.15) is 18.1 Å². The highest BCUT2D eigenvalue weighted by molar-refractivity contribution is 6.30. The van der Waals surface area contributed by atoms with Gasteiger partial charge >= 0.3 is 11.4 Å². The average Bonchev–Trinajstić information content (AvgIpc) is 2.84. The number of nitrogens with zero attached hydrogens (tertiary/aromatic N) is 4. The molecular formula is C25H20ClN5O3. The van der Waals surface area contributed by atoms with Crippen LogP contribution in [0.2, 0.25) is 5.02 Å². The third-order valence-corrected chi connectivity index (χ3v) is 5.27. The van der Waals surface area contributed by atoms with Crippen LogP contribution in [0.3, 0.4) is 0 Å². The Morgan fingerprint density at radius 2 is 1.74 bits per heavy atom. The van der Waals surface area contributed by atoms with Crippen LogP contribution < -0.4 is 21.7 Å². The summed E-state index contributed by atoms with van der Waals surface area (Å²) in [6.45, 7) is 2.17. The Morgan fingerprint density at radius 3 is 2.41 bits per heavy atom. The Hall–Kier alpha value is -4.35. The third kappa shape index (κ3) is 5.17. The van der Waals surface area contributed by atoms with Crippen LogP contribution in [0.25, 0.3) is 0 Å². The molecule has 0 atom stereocenters. The summed E-state index contributed by atoms with van der Waals surface area (Å²) >= 11 is 5.97. The van der Waals surface area contributed by atoms with E-state index < -0.39 is 11.4 Å². The number of aromatic amines is 1. The Bertz CT molecular complexity index is 1540. The number of nitriles is 1. The molecule has 0 unspecified atom stereocenters. The molecule has 8 nitrogen and oxygen atoms in total. The third-order valence-electron chi connectivity index (χ3n) is 5.02. The zero-order chi connectivity index (χ0) is 24.1. The Morgan fingerprint density at radius 1 is 1.00 bits per heavy atom. The molecule has 3 aromatic carbocycles. The molecule has 1 N–H and O–H groups in total. The molecule has 1 heterocycles. The number of ether oxygens (including phenoxy) is 1. The van der Waals surface area contributed by atoms with E-state index in [2.05, 4.69) is 16.0 Å². The van der Waals surface area contributed by atoms with Gasteiger partial charge in [-0.1, -0.05) is 29.8 Å². The molecule has 4 aromatic rings. The van der Waals surface area contributed by atoms with Crippen LogP contribution in [0.15, 0.2) is 87.4 Å². The molecule has 0 saturated heterocycles. The summed E-state index contributed by atoms with van der Waals surface area (Å²) in [6, 6.07) is 22.9. The molecule has 170 valence electrons. The van der Waals surface area contributed by atoms with Gasteiger partial charge in [0.2, 0.25) is 5.62 Å². The highest BCUT2D eigenvalue weighted by Gasteiger charge is 2.09. The maximum atomic E-state index is 13.0. The SMILES string of the molecule is CCn1c(=O)[nH]/c(=N/c2ccc(Oc3cccc(C#N)c3)cc2)n(Cc2ccc(Cl)cc2)c1=O. The molecule has 0 spiro atoms. The first-order chi connectivity index (χ1) is 16.5. The molecule has 0 aliphatic rings. The molecule has 9 heteroatoms. The van der Waals surface area contributed by atoms with E-state index in [9.17, 15) is 9.59 Å². The van der Waals surface area contributed by atoms with Crippen molar-refractivity contribution < 1.29 is 4.74 Å². The average molecular weight is 474 g/mol. The Labute approximate surface area is 199 Å². The predicted molar refractivity (Wildman–Crippen MR) is 128 cm³/mol. The van der Waals surface area contributed by atoms with Crippen molar-refractivity contribution in [2.45, 2.75) is 20.0 Å². The van der Waals surface area contributed by atoms with Gasteiger partial charge in [-0.15, -0.1) is 0 Å². The molecule has 0 aliphatic carbocycles. The summed E-state index contributed by atoms with van der Waals surface area (Å²) in [5.74, 6) is 1.09. The quantitative estimate of drug-likeness (QED) is 0.457. The topological polar surface area (TPSA) is 105 Å². The van der Waals surface area contributed by atoms with Crippen LogP contribution in [0.5, 0.6) is 11.5 Å².